The van der Waals surface area contributed by atoms with Crippen molar-refractivity contribution in [2.75, 3.05) is 25.7 Å². The fourth-order valence-corrected chi connectivity index (χ4v) is 6.04. The number of hydrogen-bond acceptors (Lipinski definition) is 10. The summed E-state index contributed by atoms with van der Waals surface area (Å²) >= 11 is 0.938. The van der Waals surface area contributed by atoms with E-state index in [0.29, 0.717) is 40.3 Å². The predicted octanol–water partition coefficient (Wildman–Crippen LogP) is 6.73. The van der Waals surface area contributed by atoms with Crippen molar-refractivity contribution in [3.05, 3.63) is 81.8 Å². The predicted molar refractivity (Wildman–Crippen MR) is 161 cm³/mol. The molecule has 5 rings (SSSR count). The lowest BCUT2D eigenvalue weighted by Crippen LogP contribution is -2.31. The van der Waals surface area contributed by atoms with Gasteiger partial charge in [0, 0.05) is 5.39 Å². The first kappa shape index (κ1) is 29.8. The number of aromatic nitrogens is 1. The van der Waals surface area contributed by atoms with Gasteiger partial charge in [-0.25, -0.2) is 9.78 Å². The second kappa shape index (κ2) is 12.7. The highest BCUT2D eigenvalue weighted by Crippen LogP contribution is 2.44. The molecule has 0 saturated heterocycles. The van der Waals surface area contributed by atoms with E-state index >= 15 is 0 Å². The van der Waals surface area contributed by atoms with Gasteiger partial charge in [0.1, 0.15) is 10.6 Å². The average Bonchev–Trinajstić information content (AvgIpc) is 3.70. The highest BCUT2D eigenvalue weighted by atomic mass is 32.1. The number of carbonyl (C=O) groups is 3. The molecule has 1 aliphatic heterocycles. The van der Waals surface area contributed by atoms with Crippen LogP contribution in [0.15, 0.2) is 64.3 Å². The summed E-state index contributed by atoms with van der Waals surface area (Å²) in [5, 5.41) is 11.9. The molecule has 4 aromatic rings. The topological polar surface area (TPSA) is 128 Å². The van der Waals surface area contributed by atoms with Gasteiger partial charge in [-0.3, -0.25) is 14.5 Å². The molecular weight excluding hydrogens is 572 g/mol. The van der Waals surface area contributed by atoms with Crippen molar-refractivity contribution in [1.82, 2.24) is 4.98 Å². The van der Waals surface area contributed by atoms with Crippen molar-refractivity contribution in [2.24, 2.45) is 0 Å². The summed E-state index contributed by atoms with van der Waals surface area (Å²) in [5.74, 6) is -1.83. The molecule has 2 aromatic carbocycles. The number of benzene rings is 2. The Kier molecular flexibility index (Phi) is 8.81. The summed E-state index contributed by atoms with van der Waals surface area (Å²) in [4.78, 5) is 45.8. The quantitative estimate of drug-likeness (QED) is 0.106. The van der Waals surface area contributed by atoms with Crippen LogP contribution >= 0.6 is 11.3 Å². The number of para-hydroxylation sites is 1. The summed E-state index contributed by atoms with van der Waals surface area (Å²) in [6, 6.07) is 12.7. The molecule has 1 unspecified atom stereocenters. The Hall–Kier alpha value is -4.64. The highest BCUT2D eigenvalue weighted by molar-refractivity contribution is 7.17. The number of rotatable bonds is 12. The van der Waals surface area contributed by atoms with Gasteiger partial charge in [0.25, 0.3) is 5.91 Å². The number of ketones is 1. The van der Waals surface area contributed by atoms with E-state index in [9.17, 15) is 19.5 Å². The van der Waals surface area contributed by atoms with Crippen molar-refractivity contribution in [2.45, 2.75) is 45.6 Å². The highest BCUT2D eigenvalue weighted by Gasteiger charge is 2.47. The number of thiazole rings is 1. The smallest absolute Gasteiger partial charge is 0.350 e. The Morgan fingerprint density at radius 1 is 1.09 bits per heavy atom. The first-order chi connectivity index (χ1) is 20.8. The van der Waals surface area contributed by atoms with Crippen LogP contribution in [0, 0.1) is 6.92 Å². The zero-order chi connectivity index (χ0) is 30.7. The van der Waals surface area contributed by atoms with Crippen LogP contribution in [-0.4, -0.2) is 48.6 Å². The van der Waals surface area contributed by atoms with Gasteiger partial charge in [0.15, 0.2) is 28.0 Å². The Labute approximate surface area is 252 Å². The number of hydrogen-bond donors (Lipinski definition) is 1. The van der Waals surface area contributed by atoms with E-state index in [-0.39, 0.29) is 21.3 Å². The molecule has 11 heteroatoms. The van der Waals surface area contributed by atoms with Crippen LogP contribution < -0.4 is 14.4 Å². The molecule has 0 fully saturated rings. The summed E-state index contributed by atoms with van der Waals surface area (Å²) in [6.45, 7) is 4.34. The van der Waals surface area contributed by atoms with Crippen LogP contribution in [0.5, 0.6) is 11.5 Å². The molecule has 1 aliphatic rings. The fraction of sp³-hybridized carbons (Fsp3) is 0.312. The van der Waals surface area contributed by atoms with E-state index in [0.717, 1.165) is 37.0 Å². The number of furan rings is 1. The molecular formula is C32H32N2O8S. The minimum Gasteiger partial charge on any atom is -0.503 e. The average molecular weight is 605 g/mol. The van der Waals surface area contributed by atoms with Gasteiger partial charge in [-0.1, -0.05) is 61.8 Å². The van der Waals surface area contributed by atoms with E-state index in [4.69, 9.17) is 18.6 Å². The third-order valence-corrected chi connectivity index (χ3v) is 8.37. The molecule has 0 aliphatic carbocycles. The summed E-state index contributed by atoms with van der Waals surface area (Å²) < 4.78 is 22.0. The van der Waals surface area contributed by atoms with Crippen molar-refractivity contribution in [3.8, 4) is 11.5 Å². The third-order valence-electron chi connectivity index (χ3n) is 7.23. The Balaban J connectivity index is 1.55. The number of anilines is 1. The molecule has 3 heterocycles. The molecule has 1 amide bonds. The first-order valence-electron chi connectivity index (χ1n) is 13.9. The number of carbonyl (C=O) groups excluding carboxylic acids is 3. The lowest BCUT2D eigenvalue weighted by Gasteiger charge is -2.24. The number of ether oxygens (including phenoxy) is 3. The number of aryl methyl sites for hydroxylation is 1. The van der Waals surface area contributed by atoms with Crippen LogP contribution in [0.1, 0.15) is 70.1 Å². The van der Waals surface area contributed by atoms with Crippen LogP contribution in [0.2, 0.25) is 0 Å². The Bertz CT molecular complexity index is 1700. The third kappa shape index (κ3) is 5.72. The zero-order valence-corrected chi connectivity index (χ0v) is 25.2. The van der Waals surface area contributed by atoms with E-state index in [1.165, 1.54) is 19.1 Å². The molecule has 0 saturated carbocycles. The van der Waals surface area contributed by atoms with Crippen molar-refractivity contribution >= 4 is 45.1 Å². The minimum absolute atomic E-state index is 0.0710. The van der Waals surface area contributed by atoms with E-state index in [1.54, 1.807) is 55.5 Å². The Morgan fingerprint density at radius 2 is 1.86 bits per heavy atom. The number of unbranched alkanes of at least 4 members (excludes halogenated alkanes) is 3. The normalized spacial score (nSPS) is 14.9. The summed E-state index contributed by atoms with van der Waals surface area (Å²) in [6.07, 6.45) is 4.29. The van der Waals surface area contributed by atoms with Crippen LogP contribution in [-0.2, 0) is 9.53 Å². The number of amides is 1. The number of methoxy groups -OCH3 is 2. The van der Waals surface area contributed by atoms with Crippen LogP contribution in [0.25, 0.3) is 11.0 Å². The van der Waals surface area contributed by atoms with Gasteiger partial charge in [0.05, 0.1) is 38.1 Å². The van der Waals surface area contributed by atoms with Gasteiger partial charge >= 0.3 is 5.97 Å². The molecule has 1 N–H and O–H groups in total. The van der Waals surface area contributed by atoms with Crippen molar-refractivity contribution < 1.29 is 38.1 Å². The van der Waals surface area contributed by atoms with Crippen LogP contribution in [0.4, 0.5) is 5.13 Å². The molecule has 10 nitrogen and oxygen atoms in total. The zero-order valence-electron chi connectivity index (χ0n) is 24.3. The molecule has 0 bridgehead atoms. The maximum atomic E-state index is 14.0. The summed E-state index contributed by atoms with van der Waals surface area (Å²) in [5.41, 5.74) is 1.07. The molecule has 0 spiro atoms. The number of aliphatic hydroxyl groups excluding tert-OH is 1. The first-order valence-corrected chi connectivity index (χ1v) is 14.8. The minimum atomic E-state index is -1.07. The number of esters is 1. The molecule has 0 radical (unpaired) electrons. The lowest BCUT2D eigenvalue weighted by atomic mass is 9.95. The van der Waals surface area contributed by atoms with E-state index in [1.807, 2.05) is 0 Å². The molecule has 224 valence electrons. The maximum Gasteiger partial charge on any atom is 0.350 e. The Morgan fingerprint density at radius 3 is 2.56 bits per heavy atom. The second-order valence-corrected chi connectivity index (χ2v) is 11.0. The second-order valence-electron chi connectivity index (χ2n) is 10.0. The number of aliphatic hydroxyl groups is 1. The largest absolute Gasteiger partial charge is 0.503 e. The van der Waals surface area contributed by atoms with Gasteiger partial charge in [-0.2, -0.15) is 0 Å². The van der Waals surface area contributed by atoms with Crippen molar-refractivity contribution in [3.63, 3.8) is 0 Å². The fourth-order valence-electron chi connectivity index (χ4n) is 5.02. The van der Waals surface area contributed by atoms with E-state index in [2.05, 4.69) is 11.9 Å². The standard InChI is InChI=1S/C32H32N2O8S/c1-5-6-7-8-16-41-21-14-12-19(13-15-21)25-24(26(35)23-17-20-10-9-11-22(39-3)28(20)42-23)27(36)30(37)34(25)32-33-18(2)29(43-32)31(38)40-4/h9-15,17,25,36H,5-8,16H2,1-4H3. The van der Waals surface area contributed by atoms with Crippen LogP contribution in [0.3, 0.4) is 0 Å². The molecule has 2 aromatic heterocycles. The van der Waals surface area contributed by atoms with E-state index < -0.39 is 29.5 Å². The molecule has 1 atom stereocenters. The SMILES string of the molecule is CCCCCCOc1ccc(C2C(C(=O)c3cc4cccc(OC)c4o3)=C(O)C(=O)N2c2nc(C)c(C(=O)OC)s2)cc1. The number of nitrogens with zero attached hydrogens (tertiary/aromatic N) is 2. The van der Waals surface area contributed by atoms with Gasteiger partial charge in [0.2, 0.25) is 5.78 Å². The number of Topliss-reactive ketones (excluding diaryl/α,β-unsaturated/α-hetero) is 1. The lowest BCUT2D eigenvalue weighted by molar-refractivity contribution is -0.117. The maximum absolute atomic E-state index is 14.0. The van der Waals surface area contributed by atoms with Gasteiger partial charge < -0.3 is 23.7 Å². The van der Waals surface area contributed by atoms with Gasteiger partial charge in [-0.15, -0.1) is 0 Å². The van der Waals surface area contributed by atoms with Gasteiger partial charge in [-0.05, 0) is 43.2 Å². The summed E-state index contributed by atoms with van der Waals surface area (Å²) in [7, 11) is 2.75. The molecule has 43 heavy (non-hydrogen) atoms. The monoisotopic (exact) mass is 604 g/mol. The van der Waals surface area contributed by atoms with Crippen molar-refractivity contribution in [1.29, 1.82) is 0 Å². The number of fused-ring (bicyclic) bond motifs is 1.